The molecule has 16 heteroatoms. The summed E-state index contributed by atoms with van der Waals surface area (Å²) in [5.74, 6) is 4.25. The minimum absolute atomic E-state index is 0.0301. The number of nitrogens with zero attached hydrogens (tertiary/aromatic N) is 3. The van der Waals surface area contributed by atoms with Crippen molar-refractivity contribution in [1.29, 1.82) is 0 Å². The molecule has 3 amide bonds. The molecule has 3 unspecified atom stereocenters. The van der Waals surface area contributed by atoms with Gasteiger partial charge in [-0.2, -0.15) is 13.2 Å². The lowest BCUT2D eigenvalue weighted by Crippen LogP contribution is -2.48. The summed E-state index contributed by atoms with van der Waals surface area (Å²) in [7, 11) is -2.41. The van der Waals surface area contributed by atoms with Crippen LogP contribution in [0.4, 0.5) is 33.7 Å². The van der Waals surface area contributed by atoms with Gasteiger partial charge in [-0.25, -0.2) is 17.6 Å². The Morgan fingerprint density at radius 3 is 2.33 bits per heavy atom. The molecular weight excluding hydrogens is 708 g/mol. The highest BCUT2D eigenvalue weighted by molar-refractivity contribution is 7.90. The average Bonchev–Trinajstić information content (AvgIpc) is 3.55. The second-order valence-corrected chi connectivity index (χ2v) is 14.5. The molecule has 2 N–H and O–H groups in total. The molecule has 2 heterocycles. The standard InChI is InChI=1S/C36H32F4N4O7S/c1-51-32-19-23(52(2,49)50)13-15-31(32)42(35(47)48)16-6-7-21-17-26-28(10-5-11-30(26)43(21)20-36(38,39)40)41-29-14-12-22(18-27(29)37)44-33(45)24-8-3-4-9-25(24)34(44)46/h3-5,8-11,13,15,17,19,22,27,29,41H,12,14,16,18,20H2,1-2H3,(H,47,48). The third-order valence-electron chi connectivity index (χ3n) is 9.11. The van der Waals surface area contributed by atoms with Gasteiger partial charge in [0.2, 0.25) is 0 Å². The van der Waals surface area contributed by atoms with E-state index < -0.39 is 65.3 Å². The van der Waals surface area contributed by atoms with Crippen molar-refractivity contribution in [3.05, 3.63) is 83.6 Å². The molecule has 272 valence electrons. The molecule has 0 bridgehead atoms. The number of alkyl halides is 4. The molecule has 1 aromatic heterocycles. The molecule has 6 rings (SSSR count). The number of carbonyl (C=O) groups is 3. The van der Waals surface area contributed by atoms with Crippen LogP contribution in [0.5, 0.6) is 5.75 Å². The lowest BCUT2D eigenvalue weighted by molar-refractivity contribution is -0.140. The Bertz CT molecular complexity index is 2230. The van der Waals surface area contributed by atoms with Crippen LogP contribution in [-0.4, -0.2) is 85.2 Å². The zero-order valence-electron chi connectivity index (χ0n) is 27.8. The van der Waals surface area contributed by atoms with Crippen LogP contribution < -0.4 is 15.0 Å². The second-order valence-electron chi connectivity index (χ2n) is 12.5. The number of benzene rings is 3. The molecule has 1 aliphatic carbocycles. The van der Waals surface area contributed by atoms with E-state index in [2.05, 4.69) is 17.2 Å². The van der Waals surface area contributed by atoms with Gasteiger partial charge < -0.3 is 19.7 Å². The van der Waals surface area contributed by atoms with Crippen LogP contribution >= 0.6 is 0 Å². The van der Waals surface area contributed by atoms with Crippen molar-refractivity contribution < 1.29 is 50.2 Å². The van der Waals surface area contributed by atoms with Crippen LogP contribution in [0.15, 0.2) is 71.6 Å². The fourth-order valence-electron chi connectivity index (χ4n) is 6.67. The predicted molar refractivity (Wildman–Crippen MR) is 183 cm³/mol. The van der Waals surface area contributed by atoms with Crippen molar-refractivity contribution in [3.63, 3.8) is 0 Å². The van der Waals surface area contributed by atoms with E-state index in [9.17, 15) is 41.1 Å². The van der Waals surface area contributed by atoms with E-state index in [0.717, 1.165) is 26.7 Å². The second kappa shape index (κ2) is 13.9. The number of carboxylic acid groups (broad SMARTS) is 1. The number of carbonyl (C=O) groups excluding carboxylic acids is 2. The first-order valence-electron chi connectivity index (χ1n) is 16.0. The van der Waals surface area contributed by atoms with Crippen molar-refractivity contribution in [1.82, 2.24) is 9.47 Å². The van der Waals surface area contributed by atoms with Gasteiger partial charge in [0, 0.05) is 35.9 Å². The summed E-state index contributed by atoms with van der Waals surface area (Å²) < 4.78 is 87.3. The molecule has 0 saturated heterocycles. The normalized spacial score (nSPS) is 18.9. The first-order valence-corrected chi connectivity index (χ1v) is 17.9. The molecule has 1 fully saturated rings. The number of hydrogen-bond donors (Lipinski definition) is 2. The molecule has 52 heavy (non-hydrogen) atoms. The van der Waals surface area contributed by atoms with Gasteiger partial charge in [0.1, 0.15) is 18.5 Å². The van der Waals surface area contributed by atoms with Crippen molar-refractivity contribution in [2.45, 2.75) is 55.1 Å². The van der Waals surface area contributed by atoms with Crippen LogP contribution in [0, 0.1) is 11.8 Å². The highest BCUT2D eigenvalue weighted by atomic mass is 32.2. The number of hydrogen-bond acceptors (Lipinski definition) is 7. The summed E-state index contributed by atoms with van der Waals surface area (Å²) in [5, 5.41) is 13.3. The Kier molecular flexibility index (Phi) is 9.67. The number of rotatable bonds is 8. The van der Waals surface area contributed by atoms with Gasteiger partial charge in [0.05, 0.1) is 52.6 Å². The molecule has 1 saturated carbocycles. The molecule has 3 atom stereocenters. The van der Waals surface area contributed by atoms with Crippen molar-refractivity contribution in [3.8, 4) is 17.6 Å². The molecule has 3 aromatic carbocycles. The van der Waals surface area contributed by atoms with Gasteiger partial charge in [-0.15, -0.1) is 0 Å². The highest BCUT2D eigenvalue weighted by Gasteiger charge is 2.43. The maximum Gasteiger partial charge on any atom is 0.412 e. The SMILES string of the molecule is COc1cc(S(C)(=O)=O)ccc1N(CC#Cc1cc2c(NC3CCC(N4C(=O)c5ccccc5C4=O)CC3F)cccc2n1CC(F)(F)F)C(=O)O. The average molecular weight is 741 g/mol. The number of imide groups is 1. The Morgan fingerprint density at radius 2 is 1.73 bits per heavy atom. The van der Waals surface area contributed by atoms with E-state index in [1.807, 2.05) is 0 Å². The monoisotopic (exact) mass is 740 g/mol. The summed E-state index contributed by atoms with van der Waals surface area (Å²) in [4.78, 5) is 39.9. The van der Waals surface area contributed by atoms with E-state index in [-0.39, 0.29) is 51.5 Å². The number of methoxy groups -OCH3 is 1. The minimum Gasteiger partial charge on any atom is -0.495 e. The summed E-state index contributed by atoms with van der Waals surface area (Å²) in [5.41, 5.74) is 0.924. The highest BCUT2D eigenvalue weighted by Crippen LogP contribution is 2.36. The summed E-state index contributed by atoms with van der Waals surface area (Å²) in [6, 6.07) is 14.5. The molecule has 4 aromatic rings. The minimum atomic E-state index is -4.65. The number of aromatic nitrogens is 1. The maximum atomic E-state index is 15.7. The Hall–Kier alpha value is -5.56. The molecule has 2 aliphatic rings. The van der Waals surface area contributed by atoms with Gasteiger partial charge in [0.25, 0.3) is 11.8 Å². The Balaban J connectivity index is 1.25. The quantitative estimate of drug-likeness (QED) is 0.125. The van der Waals surface area contributed by atoms with E-state index in [1.165, 1.54) is 37.4 Å². The van der Waals surface area contributed by atoms with Crippen LogP contribution in [0.2, 0.25) is 0 Å². The van der Waals surface area contributed by atoms with Crippen LogP contribution in [0.1, 0.15) is 45.7 Å². The lowest BCUT2D eigenvalue weighted by Gasteiger charge is -2.36. The predicted octanol–water partition coefficient (Wildman–Crippen LogP) is 6.12. The van der Waals surface area contributed by atoms with Gasteiger partial charge in [-0.05, 0) is 61.2 Å². The third-order valence-corrected chi connectivity index (χ3v) is 10.2. The lowest BCUT2D eigenvalue weighted by atomic mass is 9.88. The van der Waals surface area contributed by atoms with Crippen LogP contribution in [0.3, 0.4) is 0 Å². The zero-order valence-corrected chi connectivity index (χ0v) is 28.6. The van der Waals surface area contributed by atoms with Crippen LogP contribution in [-0.2, 0) is 16.4 Å². The van der Waals surface area contributed by atoms with Crippen molar-refractivity contribution in [2.75, 3.05) is 30.1 Å². The van der Waals surface area contributed by atoms with Crippen molar-refractivity contribution >= 4 is 50.0 Å². The number of ether oxygens (including phenoxy) is 1. The first kappa shape index (κ1) is 36.2. The largest absolute Gasteiger partial charge is 0.495 e. The topological polar surface area (TPSA) is 138 Å². The first-order chi connectivity index (χ1) is 24.6. The summed E-state index contributed by atoms with van der Waals surface area (Å²) in [6.07, 6.45) is -6.23. The van der Waals surface area contributed by atoms with Gasteiger partial charge in [-0.1, -0.05) is 24.1 Å². The number of anilines is 2. The molecule has 1 aliphatic heterocycles. The summed E-state index contributed by atoms with van der Waals surface area (Å²) in [6.45, 7) is -1.92. The molecule has 0 radical (unpaired) electrons. The smallest absolute Gasteiger partial charge is 0.412 e. The van der Waals surface area contributed by atoms with Gasteiger partial charge >= 0.3 is 12.3 Å². The number of fused-ring (bicyclic) bond motifs is 2. The van der Waals surface area contributed by atoms with Gasteiger partial charge in [0.15, 0.2) is 9.84 Å². The fourth-order valence-corrected chi connectivity index (χ4v) is 7.31. The fraction of sp³-hybridized carbons (Fsp3) is 0.306. The maximum absolute atomic E-state index is 15.7. The zero-order chi connectivity index (χ0) is 37.5. The van der Waals surface area contributed by atoms with E-state index >= 15 is 4.39 Å². The van der Waals surface area contributed by atoms with E-state index in [1.54, 1.807) is 30.3 Å². The Labute approximate surface area is 295 Å². The van der Waals surface area contributed by atoms with Gasteiger partial charge in [-0.3, -0.25) is 19.4 Å². The number of nitrogens with one attached hydrogen (secondary N) is 1. The molecule has 0 spiro atoms. The van der Waals surface area contributed by atoms with E-state index in [4.69, 9.17) is 4.74 Å². The van der Waals surface area contributed by atoms with Crippen LogP contribution in [0.25, 0.3) is 10.9 Å². The van der Waals surface area contributed by atoms with Crippen molar-refractivity contribution in [2.24, 2.45) is 0 Å². The molecular formula is C36H32F4N4O7S. The Morgan fingerprint density at radius 1 is 1.04 bits per heavy atom. The number of halogens is 4. The summed E-state index contributed by atoms with van der Waals surface area (Å²) >= 11 is 0. The number of sulfone groups is 1. The number of amides is 3. The van der Waals surface area contributed by atoms with E-state index in [0.29, 0.717) is 17.5 Å². The third kappa shape index (κ3) is 7.13. The molecule has 11 nitrogen and oxygen atoms in total.